The molecule has 5 nitrogen and oxygen atoms in total. The first-order chi connectivity index (χ1) is 9.03. The van der Waals surface area contributed by atoms with E-state index in [2.05, 4.69) is 10.3 Å². The van der Waals surface area contributed by atoms with Gasteiger partial charge in [0.2, 0.25) is 10.0 Å². The summed E-state index contributed by atoms with van der Waals surface area (Å²) in [5, 5.41) is 8.20. The highest BCUT2D eigenvalue weighted by atomic mass is 32.2. The van der Waals surface area contributed by atoms with Crippen molar-refractivity contribution in [3.05, 3.63) is 59.9 Å². The molecule has 1 aromatic carbocycles. The monoisotopic (exact) mass is 277 g/mol. The zero-order valence-electron chi connectivity index (χ0n) is 10.3. The Balaban J connectivity index is 1.96. The number of aromatic nitrogens is 1. The Labute approximate surface area is 112 Å². The summed E-state index contributed by atoms with van der Waals surface area (Å²) in [5.74, 6) is -0.145. The Bertz CT molecular complexity index is 625. The third kappa shape index (κ3) is 4.69. The number of benzene rings is 1. The van der Waals surface area contributed by atoms with Gasteiger partial charge in [0.25, 0.3) is 0 Å². The topological polar surface area (TPSA) is 85.1 Å². The van der Waals surface area contributed by atoms with Crippen LogP contribution in [0.3, 0.4) is 0 Å². The molecule has 19 heavy (non-hydrogen) atoms. The van der Waals surface area contributed by atoms with Crippen LogP contribution in [0.4, 0.5) is 5.69 Å². The van der Waals surface area contributed by atoms with Crippen LogP contribution in [-0.4, -0.2) is 13.4 Å². The first-order valence-electron chi connectivity index (χ1n) is 5.76. The maximum atomic E-state index is 11.0. The summed E-state index contributed by atoms with van der Waals surface area (Å²) in [6, 6.07) is 12.9. The van der Waals surface area contributed by atoms with E-state index in [0.717, 1.165) is 11.4 Å². The van der Waals surface area contributed by atoms with Gasteiger partial charge in [-0.3, -0.25) is 4.98 Å². The molecule has 1 heterocycles. The summed E-state index contributed by atoms with van der Waals surface area (Å²) in [5.41, 5.74) is 2.52. The summed E-state index contributed by atoms with van der Waals surface area (Å²) in [6.45, 7) is 0.620. The number of anilines is 1. The SMILES string of the molecule is NS(=O)(=O)Cc1ccc(NCc2ccccn2)cc1. The number of pyridine rings is 1. The average molecular weight is 277 g/mol. The number of hydrogen-bond acceptors (Lipinski definition) is 4. The van der Waals surface area contributed by atoms with Crippen molar-refractivity contribution in [1.82, 2.24) is 4.98 Å². The van der Waals surface area contributed by atoms with Gasteiger partial charge in [-0.2, -0.15) is 0 Å². The molecule has 1 aromatic heterocycles. The summed E-state index contributed by atoms with van der Waals surface area (Å²) >= 11 is 0. The highest BCUT2D eigenvalue weighted by molar-refractivity contribution is 7.88. The molecule has 2 rings (SSSR count). The minimum Gasteiger partial charge on any atom is -0.379 e. The fourth-order valence-corrected chi connectivity index (χ4v) is 2.30. The molecule has 6 heteroatoms. The molecular weight excluding hydrogens is 262 g/mol. The van der Waals surface area contributed by atoms with Crippen LogP contribution >= 0.6 is 0 Å². The molecule has 0 saturated carbocycles. The van der Waals surface area contributed by atoms with Crippen LogP contribution < -0.4 is 10.5 Å². The van der Waals surface area contributed by atoms with Crippen LogP contribution in [0.1, 0.15) is 11.3 Å². The highest BCUT2D eigenvalue weighted by Crippen LogP contribution is 2.12. The molecular formula is C13H15N3O2S. The lowest BCUT2D eigenvalue weighted by molar-refractivity contribution is 0.597. The van der Waals surface area contributed by atoms with Gasteiger partial charge >= 0.3 is 0 Å². The summed E-state index contributed by atoms with van der Waals surface area (Å²) in [6.07, 6.45) is 1.74. The molecule has 0 spiro atoms. The second-order valence-corrected chi connectivity index (χ2v) is 5.79. The smallest absolute Gasteiger partial charge is 0.213 e. The molecule has 2 aromatic rings. The summed E-state index contributed by atoms with van der Waals surface area (Å²) in [4.78, 5) is 4.20. The molecule has 0 bridgehead atoms. The molecule has 100 valence electrons. The van der Waals surface area contributed by atoms with Gasteiger partial charge in [-0.25, -0.2) is 13.6 Å². The summed E-state index contributed by atoms with van der Waals surface area (Å²) in [7, 11) is -3.48. The first kappa shape index (κ1) is 13.5. The second kappa shape index (κ2) is 5.81. The van der Waals surface area contributed by atoms with Gasteiger partial charge in [0.1, 0.15) is 0 Å². The van der Waals surface area contributed by atoms with Crippen LogP contribution in [0.2, 0.25) is 0 Å². The largest absolute Gasteiger partial charge is 0.379 e. The maximum Gasteiger partial charge on any atom is 0.213 e. The Kier molecular flexibility index (Phi) is 4.13. The van der Waals surface area contributed by atoms with Crippen LogP contribution in [0.5, 0.6) is 0 Å². The van der Waals surface area contributed by atoms with Crippen molar-refractivity contribution in [2.45, 2.75) is 12.3 Å². The van der Waals surface area contributed by atoms with Gasteiger partial charge < -0.3 is 5.32 Å². The average Bonchev–Trinajstić information content (AvgIpc) is 2.37. The molecule has 0 amide bonds. The van der Waals surface area contributed by atoms with Crippen molar-refractivity contribution >= 4 is 15.7 Å². The lowest BCUT2D eigenvalue weighted by atomic mass is 10.2. The maximum absolute atomic E-state index is 11.0. The van der Waals surface area contributed by atoms with E-state index >= 15 is 0 Å². The quantitative estimate of drug-likeness (QED) is 0.867. The number of nitrogens with one attached hydrogen (secondary N) is 1. The Morgan fingerprint density at radius 1 is 1.11 bits per heavy atom. The number of hydrogen-bond donors (Lipinski definition) is 2. The number of nitrogens with zero attached hydrogens (tertiary/aromatic N) is 1. The predicted octanol–water partition coefficient (Wildman–Crippen LogP) is 1.48. The minimum atomic E-state index is -3.48. The van der Waals surface area contributed by atoms with Crippen LogP contribution in [0, 0.1) is 0 Å². The third-order valence-electron chi connectivity index (χ3n) is 2.52. The molecule has 0 aliphatic rings. The van der Waals surface area contributed by atoms with Crippen molar-refractivity contribution in [3.8, 4) is 0 Å². The molecule has 3 N–H and O–H groups in total. The van der Waals surface area contributed by atoms with Gasteiger partial charge in [0.15, 0.2) is 0 Å². The lowest BCUT2D eigenvalue weighted by Gasteiger charge is -2.06. The van der Waals surface area contributed by atoms with Gasteiger partial charge in [0.05, 0.1) is 18.0 Å². The van der Waals surface area contributed by atoms with E-state index in [1.807, 2.05) is 30.3 Å². The Hall–Kier alpha value is -1.92. The highest BCUT2D eigenvalue weighted by Gasteiger charge is 2.04. The van der Waals surface area contributed by atoms with E-state index in [1.54, 1.807) is 18.3 Å². The summed E-state index contributed by atoms with van der Waals surface area (Å²) < 4.78 is 21.9. The van der Waals surface area contributed by atoms with Gasteiger partial charge in [-0.05, 0) is 29.8 Å². The number of rotatable bonds is 5. The van der Waals surface area contributed by atoms with Gasteiger partial charge in [-0.15, -0.1) is 0 Å². The van der Waals surface area contributed by atoms with E-state index in [9.17, 15) is 8.42 Å². The Morgan fingerprint density at radius 2 is 1.84 bits per heavy atom. The molecule has 0 aliphatic carbocycles. The van der Waals surface area contributed by atoms with Crippen molar-refractivity contribution < 1.29 is 8.42 Å². The van der Waals surface area contributed by atoms with Crippen LogP contribution in [0.15, 0.2) is 48.7 Å². The first-order valence-corrected chi connectivity index (χ1v) is 7.48. The molecule has 0 aliphatic heterocycles. The normalized spacial score (nSPS) is 11.2. The number of sulfonamides is 1. The molecule has 0 saturated heterocycles. The predicted molar refractivity (Wildman–Crippen MR) is 74.8 cm³/mol. The van der Waals surface area contributed by atoms with E-state index < -0.39 is 10.0 Å². The van der Waals surface area contributed by atoms with E-state index in [4.69, 9.17) is 5.14 Å². The van der Waals surface area contributed by atoms with E-state index in [-0.39, 0.29) is 5.75 Å². The zero-order valence-corrected chi connectivity index (χ0v) is 11.1. The fraction of sp³-hybridized carbons (Fsp3) is 0.154. The molecule has 0 unspecified atom stereocenters. The van der Waals surface area contributed by atoms with Gasteiger partial charge in [-0.1, -0.05) is 18.2 Å². The minimum absolute atomic E-state index is 0.145. The van der Waals surface area contributed by atoms with Crippen molar-refractivity contribution in [2.24, 2.45) is 5.14 Å². The fourth-order valence-electron chi connectivity index (χ4n) is 1.65. The lowest BCUT2D eigenvalue weighted by Crippen LogP contribution is -2.14. The standard InChI is InChI=1S/C13H15N3O2S/c14-19(17,18)10-11-4-6-12(7-5-11)16-9-13-3-1-2-8-15-13/h1-8,16H,9-10H2,(H2,14,17,18). The Morgan fingerprint density at radius 3 is 2.42 bits per heavy atom. The third-order valence-corrected chi connectivity index (χ3v) is 3.26. The van der Waals surface area contributed by atoms with Gasteiger partial charge in [0, 0.05) is 11.9 Å². The van der Waals surface area contributed by atoms with Crippen LogP contribution in [0.25, 0.3) is 0 Å². The van der Waals surface area contributed by atoms with Crippen molar-refractivity contribution in [1.29, 1.82) is 0 Å². The molecule has 0 fully saturated rings. The molecule has 0 radical (unpaired) electrons. The molecule has 0 atom stereocenters. The van der Waals surface area contributed by atoms with E-state index in [0.29, 0.717) is 12.1 Å². The van der Waals surface area contributed by atoms with Crippen molar-refractivity contribution in [3.63, 3.8) is 0 Å². The van der Waals surface area contributed by atoms with Crippen LogP contribution in [-0.2, 0) is 22.3 Å². The zero-order chi connectivity index (χ0) is 13.7. The van der Waals surface area contributed by atoms with E-state index in [1.165, 1.54) is 0 Å². The number of nitrogens with two attached hydrogens (primary N) is 1. The second-order valence-electron chi connectivity index (χ2n) is 4.18. The van der Waals surface area contributed by atoms with Crippen molar-refractivity contribution in [2.75, 3.05) is 5.32 Å². The number of primary sulfonamides is 1.